The predicted octanol–water partition coefficient (Wildman–Crippen LogP) is 2.92. The zero-order valence-corrected chi connectivity index (χ0v) is 23.5. The topological polar surface area (TPSA) is 131 Å². The molecule has 3 saturated heterocycles. The number of halogens is 1. The number of carbonyl (C=O) groups excluding carboxylic acids is 3. The standard InChI is InChI=1S/C29H36FN5O7/c1-19(36)31-17-22-18-35(29(38)41-22)26-14-23(30)25(34-9-12-39-13-10-34)15-24(26)32-16-20-5-7-21(8-6-20)28(37)33-42-27-4-2-3-11-40-27/h5-8,14-15,22,27,32H,2-4,9-13,16-18H2,1H3,(H,31,36)(H,33,37)/t22-,27?/m0/s1. The van der Waals surface area contributed by atoms with Crippen LogP contribution in [-0.2, 0) is 30.4 Å². The van der Waals surface area contributed by atoms with Crippen LogP contribution in [0.2, 0.25) is 0 Å². The fraction of sp³-hybridized carbons (Fsp3) is 0.483. The highest BCUT2D eigenvalue weighted by atomic mass is 19.1. The first kappa shape index (κ1) is 29.5. The molecule has 226 valence electrons. The first-order valence-electron chi connectivity index (χ1n) is 14.2. The maximum absolute atomic E-state index is 15.4. The Morgan fingerprint density at radius 1 is 1.07 bits per heavy atom. The van der Waals surface area contributed by atoms with E-state index >= 15 is 4.39 Å². The molecule has 42 heavy (non-hydrogen) atoms. The predicted molar refractivity (Wildman–Crippen MR) is 152 cm³/mol. The van der Waals surface area contributed by atoms with Gasteiger partial charge in [-0.1, -0.05) is 12.1 Å². The molecule has 3 amide bonds. The van der Waals surface area contributed by atoms with Crippen molar-refractivity contribution in [1.82, 2.24) is 10.8 Å². The highest BCUT2D eigenvalue weighted by Crippen LogP contribution is 2.36. The summed E-state index contributed by atoms with van der Waals surface area (Å²) in [7, 11) is 0. The lowest BCUT2D eigenvalue weighted by molar-refractivity contribution is -0.186. The Morgan fingerprint density at radius 2 is 1.86 bits per heavy atom. The van der Waals surface area contributed by atoms with Crippen molar-refractivity contribution < 1.29 is 37.8 Å². The van der Waals surface area contributed by atoms with Crippen molar-refractivity contribution in [3.63, 3.8) is 0 Å². The average molecular weight is 586 g/mol. The molecule has 2 atom stereocenters. The van der Waals surface area contributed by atoms with Gasteiger partial charge >= 0.3 is 6.09 Å². The molecule has 3 N–H and O–H groups in total. The second-order valence-electron chi connectivity index (χ2n) is 10.4. The van der Waals surface area contributed by atoms with Crippen LogP contribution in [-0.4, -0.2) is 76.3 Å². The third-order valence-electron chi connectivity index (χ3n) is 7.28. The maximum Gasteiger partial charge on any atom is 0.414 e. The van der Waals surface area contributed by atoms with Crippen LogP contribution in [0.4, 0.5) is 26.2 Å². The van der Waals surface area contributed by atoms with Gasteiger partial charge in [0.1, 0.15) is 11.9 Å². The second kappa shape index (κ2) is 13.8. The summed E-state index contributed by atoms with van der Waals surface area (Å²) in [6, 6.07) is 10.0. The fourth-order valence-electron chi connectivity index (χ4n) is 5.00. The summed E-state index contributed by atoms with van der Waals surface area (Å²) in [6.07, 6.45) is 1.08. The number of hydrogen-bond donors (Lipinski definition) is 3. The van der Waals surface area contributed by atoms with Crippen LogP contribution in [0.3, 0.4) is 0 Å². The highest BCUT2D eigenvalue weighted by Gasteiger charge is 2.34. The molecule has 0 spiro atoms. The van der Waals surface area contributed by atoms with Gasteiger partial charge in [-0.25, -0.2) is 19.5 Å². The Balaban J connectivity index is 1.29. The molecule has 13 heteroatoms. The quantitative estimate of drug-likeness (QED) is 0.360. The second-order valence-corrected chi connectivity index (χ2v) is 10.4. The van der Waals surface area contributed by atoms with Crippen molar-refractivity contribution in [3.8, 4) is 0 Å². The number of anilines is 3. The third kappa shape index (κ3) is 7.46. The Hall–Kier alpha value is -3.94. The summed E-state index contributed by atoms with van der Waals surface area (Å²) in [4.78, 5) is 45.2. The molecular formula is C29H36FN5O7. The van der Waals surface area contributed by atoms with Gasteiger partial charge in [0.25, 0.3) is 5.91 Å². The van der Waals surface area contributed by atoms with E-state index in [0.717, 1.165) is 24.8 Å². The van der Waals surface area contributed by atoms with Crippen LogP contribution in [0, 0.1) is 5.82 Å². The summed E-state index contributed by atoms with van der Waals surface area (Å²) < 4.78 is 31.7. The van der Waals surface area contributed by atoms with Crippen LogP contribution in [0.1, 0.15) is 42.1 Å². The van der Waals surface area contributed by atoms with Gasteiger partial charge in [0.15, 0.2) is 6.29 Å². The van der Waals surface area contributed by atoms with E-state index in [4.69, 9.17) is 19.0 Å². The molecule has 0 bridgehead atoms. The third-order valence-corrected chi connectivity index (χ3v) is 7.28. The molecule has 3 aliphatic rings. The van der Waals surface area contributed by atoms with Crippen LogP contribution in [0.15, 0.2) is 36.4 Å². The van der Waals surface area contributed by atoms with Crippen molar-refractivity contribution in [2.45, 2.75) is 45.1 Å². The number of benzene rings is 2. The van der Waals surface area contributed by atoms with Crippen molar-refractivity contribution in [1.29, 1.82) is 0 Å². The number of ether oxygens (including phenoxy) is 3. The van der Waals surface area contributed by atoms with Gasteiger partial charge in [-0.3, -0.25) is 14.5 Å². The Morgan fingerprint density at radius 3 is 2.57 bits per heavy atom. The Kier molecular flexibility index (Phi) is 9.72. The largest absolute Gasteiger partial charge is 0.442 e. The minimum absolute atomic E-state index is 0.155. The smallest absolute Gasteiger partial charge is 0.414 e. The minimum atomic E-state index is -0.622. The molecular weight excluding hydrogens is 549 g/mol. The van der Waals surface area contributed by atoms with Crippen molar-refractivity contribution in [2.75, 3.05) is 61.1 Å². The zero-order chi connectivity index (χ0) is 29.5. The maximum atomic E-state index is 15.4. The number of cyclic esters (lactones) is 1. The highest BCUT2D eigenvalue weighted by molar-refractivity contribution is 5.95. The van der Waals surface area contributed by atoms with Crippen LogP contribution >= 0.6 is 0 Å². The lowest BCUT2D eigenvalue weighted by atomic mass is 10.1. The van der Waals surface area contributed by atoms with E-state index in [1.165, 1.54) is 17.9 Å². The summed E-state index contributed by atoms with van der Waals surface area (Å²) in [5.41, 5.74) is 5.01. The zero-order valence-electron chi connectivity index (χ0n) is 23.5. The normalized spacial score (nSPS) is 20.7. The average Bonchev–Trinajstić information content (AvgIpc) is 3.39. The number of hydrogen-bond acceptors (Lipinski definition) is 9. The molecule has 0 aromatic heterocycles. The molecule has 2 aromatic rings. The molecule has 0 radical (unpaired) electrons. The van der Waals surface area contributed by atoms with Crippen LogP contribution in [0.25, 0.3) is 0 Å². The van der Waals surface area contributed by atoms with Crippen molar-refractivity contribution in [3.05, 3.63) is 53.3 Å². The number of carbonyl (C=O) groups is 3. The SMILES string of the molecule is CC(=O)NC[C@H]1CN(c2cc(F)c(N3CCOCC3)cc2NCc2ccc(C(=O)NOC3CCCCO3)cc2)C(=O)O1. The van der Waals surface area contributed by atoms with E-state index in [-0.39, 0.29) is 24.9 Å². The molecule has 0 saturated carbocycles. The first-order valence-corrected chi connectivity index (χ1v) is 14.2. The summed E-state index contributed by atoms with van der Waals surface area (Å²) in [5, 5.41) is 5.98. The van der Waals surface area contributed by atoms with Gasteiger partial charge < -0.3 is 29.7 Å². The molecule has 0 aliphatic carbocycles. The van der Waals surface area contributed by atoms with Gasteiger partial charge in [0, 0.05) is 51.2 Å². The molecule has 1 unspecified atom stereocenters. The van der Waals surface area contributed by atoms with Crippen molar-refractivity contribution >= 4 is 35.0 Å². The number of nitrogens with zero attached hydrogens (tertiary/aromatic N) is 2. The minimum Gasteiger partial charge on any atom is -0.442 e. The number of morpholine rings is 1. The van der Waals surface area contributed by atoms with E-state index in [2.05, 4.69) is 16.1 Å². The lowest BCUT2D eigenvalue weighted by Crippen LogP contribution is -2.37. The van der Waals surface area contributed by atoms with Gasteiger partial charge in [-0.2, -0.15) is 0 Å². The van der Waals surface area contributed by atoms with E-state index in [0.29, 0.717) is 62.1 Å². The number of amides is 3. The van der Waals surface area contributed by atoms with Gasteiger partial charge in [0.05, 0.1) is 43.4 Å². The number of hydroxylamine groups is 1. The van der Waals surface area contributed by atoms with E-state index in [1.807, 2.05) is 4.90 Å². The Bertz CT molecular complexity index is 1270. The first-order chi connectivity index (χ1) is 20.4. The van der Waals surface area contributed by atoms with E-state index < -0.39 is 24.3 Å². The summed E-state index contributed by atoms with van der Waals surface area (Å²) in [6.45, 7) is 4.72. The molecule has 3 aliphatic heterocycles. The molecule has 12 nitrogen and oxygen atoms in total. The van der Waals surface area contributed by atoms with Gasteiger partial charge in [0.2, 0.25) is 5.91 Å². The van der Waals surface area contributed by atoms with Gasteiger partial charge in [-0.05, 0) is 36.6 Å². The number of nitrogens with one attached hydrogen (secondary N) is 3. The monoisotopic (exact) mass is 585 g/mol. The van der Waals surface area contributed by atoms with Crippen molar-refractivity contribution in [2.24, 2.45) is 0 Å². The molecule has 5 rings (SSSR count). The van der Waals surface area contributed by atoms with Gasteiger partial charge in [-0.15, -0.1) is 0 Å². The van der Waals surface area contributed by atoms with Crippen LogP contribution in [0.5, 0.6) is 0 Å². The molecule has 3 heterocycles. The fourth-order valence-corrected chi connectivity index (χ4v) is 5.00. The Labute approximate surface area is 243 Å². The molecule has 3 fully saturated rings. The van der Waals surface area contributed by atoms with E-state index in [9.17, 15) is 14.4 Å². The summed E-state index contributed by atoms with van der Waals surface area (Å²) >= 11 is 0. The van der Waals surface area contributed by atoms with Crippen LogP contribution < -0.4 is 25.9 Å². The van der Waals surface area contributed by atoms with E-state index in [1.54, 1.807) is 30.3 Å². The molecule has 2 aromatic carbocycles. The number of rotatable bonds is 10. The summed E-state index contributed by atoms with van der Waals surface area (Å²) in [5.74, 6) is -1.07. The lowest BCUT2D eigenvalue weighted by Gasteiger charge is -2.30.